The molecule has 1 N–H and O–H groups in total. The van der Waals surface area contributed by atoms with E-state index in [9.17, 15) is 8.78 Å². The summed E-state index contributed by atoms with van der Waals surface area (Å²) in [4.78, 5) is 0. The van der Waals surface area contributed by atoms with E-state index in [1.807, 2.05) is 18.5 Å². The molecule has 0 fully saturated rings. The molecule has 1 atom stereocenters. The lowest BCUT2D eigenvalue weighted by molar-refractivity contribution is 0.151. The van der Waals surface area contributed by atoms with Gasteiger partial charge in [0.1, 0.15) is 12.2 Å². The zero-order valence-corrected chi connectivity index (χ0v) is 10.8. The van der Waals surface area contributed by atoms with Crippen molar-refractivity contribution in [1.29, 1.82) is 0 Å². The molecule has 2 rings (SSSR count). The summed E-state index contributed by atoms with van der Waals surface area (Å²) in [5, 5.41) is 11.1. The summed E-state index contributed by atoms with van der Waals surface area (Å²) >= 11 is 0. The van der Waals surface area contributed by atoms with Gasteiger partial charge in [-0.15, -0.1) is 10.2 Å². The van der Waals surface area contributed by atoms with Gasteiger partial charge in [-0.3, -0.25) is 0 Å². The first-order valence-electron chi connectivity index (χ1n) is 6.02. The third-order valence-electron chi connectivity index (χ3n) is 2.98. The molecule has 1 unspecified atom stereocenters. The molecule has 0 spiro atoms. The second-order valence-corrected chi connectivity index (χ2v) is 4.44. The Morgan fingerprint density at radius 3 is 2.47 bits per heavy atom. The van der Waals surface area contributed by atoms with E-state index >= 15 is 0 Å². The minimum atomic E-state index is -2.42. The van der Waals surface area contributed by atoms with Crippen LogP contribution in [-0.4, -0.2) is 14.8 Å². The minimum Gasteiger partial charge on any atom is -0.319 e. The molecule has 6 heteroatoms. The van der Waals surface area contributed by atoms with E-state index in [-0.39, 0.29) is 11.6 Å². The van der Waals surface area contributed by atoms with Crippen LogP contribution in [-0.2, 0) is 13.6 Å². The average Bonchev–Trinajstić information content (AvgIpc) is 2.83. The fourth-order valence-corrected chi connectivity index (χ4v) is 1.83. The van der Waals surface area contributed by atoms with Crippen molar-refractivity contribution in [2.24, 2.45) is 7.05 Å². The molecule has 102 valence electrons. The number of benzene rings is 1. The smallest absolute Gasteiger partial charge is 0.263 e. The number of alkyl halides is 2. The van der Waals surface area contributed by atoms with Gasteiger partial charge in [0.05, 0.1) is 6.04 Å². The highest BCUT2D eigenvalue weighted by Crippen LogP contribution is 2.19. The fourth-order valence-electron chi connectivity index (χ4n) is 1.83. The van der Waals surface area contributed by atoms with E-state index in [1.165, 1.54) is 12.1 Å². The van der Waals surface area contributed by atoms with Crippen LogP contribution >= 0.6 is 0 Å². The topological polar surface area (TPSA) is 42.7 Å². The highest BCUT2D eigenvalue weighted by Gasteiger charge is 2.11. The van der Waals surface area contributed by atoms with Crippen LogP contribution in [0, 0.1) is 0 Å². The predicted octanol–water partition coefficient (Wildman–Crippen LogP) is 2.60. The van der Waals surface area contributed by atoms with Gasteiger partial charge in [0, 0.05) is 19.2 Å². The Morgan fingerprint density at radius 1 is 1.26 bits per heavy atom. The largest absolute Gasteiger partial charge is 0.319 e. The van der Waals surface area contributed by atoms with Gasteiger partial charge in [0.25, 0.3) is 6.43 Å². The molecule has 0 bridgehead atoms. The van der Waals surface area contributed by atoms with Gasteiger partial charge in [-0.05, 0) is 12.5 Å². The summed E-state index contributed by atoms with van der Waals surface area (Å²) in [5.74, 6) is 0.837. The van der Waals surface area contributed by atoms with Gasteiger partial charge in [-0.2, -0.15) is 0 Å². The number of aromatic nitrogens is 3. The first-order valence-corrected chi connectivity index (χ1v) is 6.02. The maximum absolute atomic E-state index is 12.4. The minimum absolute atomic E-state index is 0.0438. The van der Waals surface area contributed by atoms with Gasteiger partial charge in [-0.25, -0.2) is 8.78 Å². The van der Waals surface area contributed by atoms with Crippen LogP contribution in [0.1, 0.15) is 36.3 Å². The van der Waals surface area contributed by atoms with Crippen molar-refractivity contribution < 1.29 is 8.78 Å². The van der Waals surface area contributed by atoms with E-state index in [1.54, 1.807) is 18.5 Å². The second kappa shape index (κ2) is 5.88. The molecular formula is C13H16F2N4. The van der Waals surface area contributed by atoms with Crippen molar-refractivity contribution >= 4 is 0 Å². The number of hydrogen-bond donors (Lipinski definition) is 1. The van der Waals surface area contributed by atoms with Crippen molar-refractivity contribution in [3.8, 4) is 0 Å². The average molecular weight is 266 g/mol. The Bertz CT molecular complexity index is 522. The summed E-state index contributed by atoms with van der Waals surface area (Å²) in [6, 6.07) is 6.36. The number of aryl methyl sites for hydroxylation is 1. The van der Waals surface area contributed by atoms with E-state index < -0.39 is 6.43 Å². The molecule has 0 aliphatic heterocycles. The van der Waals surface area contributed by atoms with E-state index in [2.05, 4.69) is 15.5 Å². The highest BCUT2D eigenvalue weighted by atomic mass is 19.3. The second-order valence-electron chi connectivity index (χ2n) is 4.44. The normalized spacial score (nSPS) is 12.9. The lowest BCUT2D eigenvalue weighted by atomic mass is 10.1. The van der Waals surface area contributed by atoms with Crippen LogP contribution in [0.4, 0.5) is 8.78 Å². The third-order valence-corrected chi connectivity index (χ3v) is 2.98. The summed E-state index contributed by atoms with van der Waals surface area (Å²) < 4.78 is 26.7. The molecule has 4 nitrogen and oxygen atoms in total. The molecule has 0 saturated carbocycles. The maximum Gasteiger partial charge on any atom is 0.263 e. The van der Waals surface area contributed by atoms with Crippen molar-refractivity contribution in [3.63, 3.8) is 0 Å². The molecular weight excluding hydrogens is 250 g/mol. The first kappa shape index (κ1) is 13.6. The van der Waals surface area contributed by atoms with Crippen molar-refractivity contribution in [3.05, 3.63) is 47.5 Å². The quantitative estimate of drug-likeness (QED) is 0.904. The zero-order valence-electron chi connectivity index (χ0n) is 10.8. The number of hydrogen-bond acceptors (Lipinski definition) is 3. The number of nitrogens with zero attached hydrogens (tertiary/aromatic N) is 3. The van der Waals surface area contributed by atoms with Gasteiger partial charge >= 0.3 is 0 Å². The Labute approximate surface area is 110 Å². The lowest BCUT2D eigenvalue weighted by Crippen LogP contribution is -2.21. The molecule has 0 amide bonds. The van der Waals surface area contributed by atoms with Gasteiger partial charge in [0.2, 0.25) is 0 Å². The van der Waals surface area contributed by atoms with Crippen molar-refractivity contribution in [2.45, 2.75) is 25.9 Å². The molecule has 0 aliphatic carbocycles. The molecule has 1 aromatic carbocycles. The Morgan fingerprint density at radius 2 is 1.95 bits per heavy atom. The molecule has 1 heterocycles. The van der Waals surface area contributed by atoms with Crippen LogP contribution in [0.25, 0.3) is 0 Å². The maximum atomic E-state index is 12.4. The SMILES string of the molecule is CC(NCc1ccc(C(F)F)cc1)c1nncn1C. The molecule has 1 aromatic heterocycles. The van der Waals surface area contributed by atoms with E-state index in [0.717, 1.165) is 11.4 Å². The van der Waals surface area contributed by atoms with Crippen LogP contribution in [0.2, 0.25) is 0 Å². The van der Waals surface area contributed by atoms with Gasteiger partial charge in [0.15, 0.2) is 0 Å². The summed E-state index contributed by atoms with van der Waals surface area (Å²) in [7, 11) is 1.88. The van der Waals surface area contributed by atoms with Crippen LogP contribution < -0.4 is 5.32 Å². The molecule has 0 saturated heterocycles. The van der Waals surface area contributed by atoms with E-state index in [0.29, 0.717) is 6.54 Å². The van der Waals surface area contributed by atoms with Gasteiger partial charge in [-0.1, -0.05) is 24.3 Å². The summed E-state index contributed by atoms with van der Waals surface area (Å²) in [6.45, 7) is 2.58. The Hall–Kier alpha value is -1.82. The summed E-state index contributed by atoms with van der Waals surface area (Å²) in [6.07, 6.45) is -0.773. The number of halogens is 2. The van der Waals surface area contributed by atoms with Crippen LogP contribution in [0.3, 0.4) is 0 Å². The Balaban J connectivity index is 1.93. The fraction of sp³-hybridized carbons (Fsp3) is 0.385. The van der Waals surface area contributed by atoms with Crippen LogP contribution in [0.5, 0.6) is 0 Å². The number of rotatable bonds is 5. The monoisotopic (exact) mass is 266 g/mol. The molecule has 0 aliphatic rings. The first-order chi connectivity index (χ1) is 9.08. The standard InChI is InChI=1S/C13H16F2N4/c1-9(13-18-17-8-19(13)2)16-7-10-3-5-11(6-4-10)12(14)15/h3-6,8-9,12,16H,7H2,1-2H3. The van der Waals surface area contributed by atoms with E-state index in [4.69, 9.17) is 0 Å². The molecule has 19 heavy (non-hydrogen) atoms. The van der Waals surface area contributed by atoms with Crippen LogP contribution in [0.15, 0.2) is 30.6 Å². The highest BCUT2D eigenvalue weighted by molar-refractivity contribution is 5.23. The number of nitrogens with one attached hydrogen (secondary N) is 1. The summed E-state index contributed by atoms with van der Waals surface area (Å²) in [5.41, 5.74) is 1.00. The zero-order chi connectivity index (χ0) is 13.8. The van der Waals surface area contributed by atoms with Crippen molar-refractivity contribution in [1.82, 2.24) is 20.1 Å². The lowest BCUT2D eigenvalue weighted by Gasteiger charge is -2.13. The predicted molar refractivity (Wildman–Crippen MR) is 67.7 cm³/mol. The molecule has 0 radical (unpaired) electrons. The van der Waals surface area contributed by atoms with Gasteiger partial charge < -0.3 is 9.88 Å². The third kappa shape index (κ3) is 3.35. The van der Waals surface area contributed by atoms with Crippen molar-refractivity contribution in [2.75, 3.05) is 0 Å². The Kier molecular flexibility index (Phi) is 4.21. The molecule has 2 aromatic rings.